The molecular formula is C76H174O9S2. The van der Waals surface area contributed by atoms with Crippen molar-refractivity contribution in [3.8, 4) is 0 Å². The van der Waals surface area contributed by atoms with Crippen molar-refractivity contribution in [2.75, 3.05) is 12.0 Å². The molecule has 0 atom stereocenters. The maximum absolute atomic E-state index is 10.9. The highest BCUT2D eigenvalue weighted by Crippen LogP contribution is 2.35. The van der Waals surface area contributed by atoms with Gasteiger partial charge in [-0.05, 0) is 140 Å². The van der Waals surface area contributed by atoms with E-state index in [9.17, 15) is 31.2 Å². The van der Waals surface area contributed by atoms with Crippen LogP contribution >= 0.6 is 0 Å². The zero-order chi connectivity index (χ0) is 66.9. The Morgan fingerprint density at radius 2 is 0.782 bits per heavy atom. The Hall–Kier alpha value is -2.27. The lowest BCUT2D eigenvalue weighted by Gasteiger charge is -2.22. The van der Waals surface area contributed by atoms with Crippen LogP contribution in [0.15, 0.2) is 30.3 Å². The molecule has 1 aromatic rings. The number of hydrogen-bond acceptors (Lipinski definition) is 9. The van der Waals surface area contributed by atoms with Crippen LogP contribution in [0.2, 0.25) is 0 Å². The summed E-state index contributed by atoms with van der Waals surface area (Å²) in [6, 6.07) is 10.5. The van der Waals surface area contributed by atoms with Crippen molar-refractivity contribution in [2.24, 2.45) is 64.6 Å². The predicted octanol–water partition coefficient (Wildman–Crippen LogP) is 25.5. The second-order valence-electron chi connectivity index (χ2n) is 27.4. The van der Waals surface area contributed by atoms with Crippen LogP contribution in [0.25, 0.3) is 0 Å². The van der Waals surface area contributed by atoms with Crippen molar-refractivity contribution in [3.63, 3.8) is 0 Å². The van der Waals surface area contributed by atoms with Gasteiger partial charge in [0.2, 0.25) is 0 Å². The Labute approximate surface area is 556 Å². The van der Waals surface area contributed by atoms with Crippen LogP contribution < -0.4 is 0 Å². The predicted molar refractivity (Wildman–Crippen MR) is 408 cm³/mol. The molecule has 0 N–H and O–H groups in total. The average molecular weight is 1300 g/mol. The summed E-state index contributed by atoms with van der Waals surface area (Å²) in [5, 5.41) is -0.444. The Kier molecular flexibility index (Phi) is 111. The first-order valence-electron chi connectivity index (χ1n) is 31.0. The minimum absolute atomic E-state index is 0. The number of ether oxygens (including phenoxy) is 2. The van der Waals surface area contributed by atoms with Gasteiger partial charge >= 0.3 is 11.9 Å². The van der Waals surface area contributed by atoms with Gasteiger partial charge in [0.1, 0.15) is 21.2 Å². The van der Waals surface area contributed by atoms with Crippen molar-refractivity contribution in [3.05, 3.63) is 35.9 Å². The Morgan fingerprint density at radius 1 is 0.517 bits per heavy atom. The number of Topliss-reactive ketones (excluding diaryl/α,β-unsaturated/α-hetero) is 1. The third-order valence-corrected chi connectivity index (χ3v) is 15.4. The molecule has 1 aromatic carbocycles. The second kappa shape index (κ2) is 74.5. The van der Waals surface area contributed by atoms with E-state index < -0.39 is 19.7 Å². The van der Waals surface area contributed by atoms with Gasteiger partial charge in [-0.3, -0.25) is 14.4 Å². The number of carbonyl (C=O) groups excluding carboxylic acids is 3. The Bertz CT molecular complexity index is 1680. The molecule has 1 aliphatic carbocycles. The fraction of sp³-hybridized carbons (Fsp3) is 0.882. The molecule has 0 unspecified atom stereocenters. The van der Waals surface area contributed by atoms with Crippen LogP contribution in [0.3, 0.4) is 0 Å². The second-order valence-corrected chi connectivity index (χ2v) is 32.8. The average Bonchev–Trinajstić information content (AvgIpc) is 4.14. The van der Waals surface area contributed by atoms with E-state index in [1.54, 1.807) is 41.5 Å². The molecule has 544 valence electrons. The molecule has 0 bridgehead atoms. The first kappa shape index (κ1) is 129. The molecule has 0 spiro atoms. The zero-order valence-corrected chi connectivity index (χ0v) is 62.6. The summed E-state index contributed by atoms with van der Waals surface area (Å²) >= 11 is 0. The van der Waals surface area contributed by atoms with Crippen LogP contribution in [0, 0.1) is 64.6 Å². The SMILES string of the molecule is C.C.C.C.C.C.C.CC(=O)C(C)C.CC(C)C.CC(C)C(=O)OC(C)(C)C.CC(C)C(C)(C)C.CC(C)C(C)C.CC(C)C1CC1.CC(C)OC(=O)C(C)C.CC(C)S(C)(=O)=O.CC(C)c1ccccc1.CCC.CCC(C)C.CCS(=O)(=O)C(C)C. The minimum atomic E-state index is -2.74. The summed E-state index contributed by atoms with van der Waals surface area (Å²) < 4.78 is 52.0. The number of esters is 2. The number of ketones is 1. The standard InChI is InChI=1S/C9H12.C8H16O2.C7H14O2.C7H16.C6H12.C6H14.C5H12O2S.C5H10O.C5H12.C4H10O2S.C4H10.C3H8.7CH4/c1-8(2)9-6-4-3-5-7-9;1-6(2)7(9)10-8(3,4)5;1-5(2)7(8)9-6(3)4;1-6(2)7(3,4)5;1-5(2)6-3-4-6;1-5(2)6(3)4;1-4-8(6,7)5(2)3;1-4(2)5(3)6;1-4-5(2)3;1-4(2)7(3,5)6;1-4(2)3;1-3-2;;;;;;;/h3-8H,1-2H3;6H,1-5H3;5-6H,1-4H3;6H,1-5H3;5-6H,3-4H2,1-2H3;5-6H,1-4H3;5H,4H2,1-3H3;4H,1-3H3;5H,4H2,1-3H3;4H,1-3H3;4H,1-3H3;3H2,1-2H3;7*1H4. The van der Waals surface area contributed by atoms with Crippen LogP contribution in [0.5, 0.6) is 0 Å². The summed E-state index contributed by atoms with van der Waals surface area (Å²) in [4.78, 5) is 31.8. The van der Waals surface area contributed by atoms with Crippen molar-refractivity contribution in [1.29, 1.82) is 0 Å². The van der Waals surface area contributed by atoms with E-state index in [1.807, 2.05) is 82.2 Å². The number of carbonyl (C=O) groups is 3. The smallest absolute Gasteiger partial charge is 0.308 e. The lowest BCUT2D eigenvalue weighted by molar-refractivity contribution is -0.158. The van der Waals surface area contributed by atoms with E-state index >= 15 is 0 Å². The van der Waals surface area contributed by atoms with Crippen molar-refractivity contribution in [2.45, 2.75) is 369 Å². The third-order valence-electron chi connectivity index (χ3n) is 11.4. The highest BCUT2D eigenvalue weighted by molar-refractivity contribution is 7.92. The molecule has 0 saturated heterocycles. The summed E-state index contributed by atoms with van der Waals surface area (Å²) in [6.45, 7) is 77.0. The van der Waals surface area contributed by atoms with Gasteiger partial charge in [-0.25, -0.2) is 16.8 Å². The van der Waals surface area contributed by atoms with Gasteiger partial charge in [0.15, 0.2) is 9.84 Å². The lowest BCUT2D eigenvalue weighted by Crippen LogP contribution is -2.26. The van der Waals surface area contributed by atoms with Crippen LogP contribution in [0.1, 0.15) is 352 Å². The van der Waals surface area contributed by atoms with Crippen molar-refractivity contribution >= 4 is 37.4 Å². The fourth-order valence-electron chi connectivity index (χ4n) is 2.72. The first-order chi connectivity index (χ1) is 35.6. The molecule has 0 amide bonds. The van der Waals surface area contributed by atoms with Gasteiger partial charge in [-0.1, -0.05) is 289 Å². The number of hydrogen-bond donors (Lipinski definition) is 0. The highest BCUT2D eigenvalue weighted by atomic mass is 32.2. The molecular weight excluding hydrogens is 1120 g/mol. The molecule has 9 nitrogen and oxygen atoms in total. The zero-order valence-electron chi connectivity index (χ0n) is 61.0. The molecule has 87 heavy (non-hydrogen) atoms. The van der Waals surface area contributed by atoms with Gasteiger partial charge in [0.25, 0.3) is 0 Å². The van der Waals surface area contributed by atoms with Crippen LogP contribution in [-0.2, 0) is 43.5 Å². The fourth-order valence-corrected chi connectivity index (χ4v) is 3.39. The summed E-state index contributed by atoms with van der Waals surface area (Å²) in [5.41, 5.74) is 1.57. The van der Waals surface area contributed by atoms with Crippen LogP contribution in [0.4, 0.5) is 0 Å². The van der Waals surface area contributed by atoms with Gasteiger partial charge in [0, 0.05) is 17.9 Å². The molecule has 1 fully saturated rings. The molecule has 0 aliphatic heterocycles. The molecule has 0 radical (unpaired) electrons. The van der Waals surface area contributed by atoms with Gasteiger partial charge in [-0.15, -0.1) is 0 Å². The van der Waals surface area contributed by atoms with Crippen molar-refractivity contribution < 1.29 is 40.7 Å². The highest BCUT2D eigenvalue weighted by Gasteiger charge is 2.24. The lowest BCUT2D eigenvalue weighted by atomic mass is 9.84. The summed E-state index contributed by atoms with van der Waals surface area (Å²) in [7, 11) is -5.48. The normalized spacial score (nSPS) is 10.8. The number of sulfone groups is 2. The van der Waals surface area contributed by atoms with Gasteiger partial charge < -0.3 is 9.47 Å². The Balaban J connectivity index is -0.0000000411. The van der Waals surface area contributed by atoms with Crippen molar-refractivity contribution in [1.82, 2.24) is 0 Å². The minimum Gasteiger partial charge on any atom is -0.463 e. The monoisotopic (exact) mass is 1300 g/mol. The van der Waals surface area contributed by atoms with E-state index in [4.69, 9.17) is 9.47 Å². The Morgan fingerprint density at radius 3 is 0.839 bits per heavy atom. The number of rotatable bonds is 11. The molecule has 0 heterocycles. The quantitative estimate of drug-likeness (QED) is 0.198. The maximum atomic E-state index is 10.9. The van der Waals surface area contributed by atoms with Crippen LogP contribution in [-0.4, -0.2) is 68.8 Å². The number of benzene rings is 1. The van der Waals surface area contributed by atoms with E-state index in [-0.39, 0.29) is 115 Å². The third kappa shape index (κ3) is 133. The first-order valence-corrected chi connectivity index (χ1v) is 34.6. The molecule has 11 heteroatoms. The molecule has 0 aromatic heterocycles. The van der Waals surface area contributed by atoms with Gasteiger partial charge in [-0.2, -0.15) is 0 Å². The van der Waals surface area contributed by atoms with E-state index in [0.29, 0.717) is 11.3 Å². The van der Waals surface area contributed by atoms with E-state index in [2.05, 4.69) is 170 Å². The van der Waals surface area contributed by atoms with E-state index in [0.717, 1.165) is 41.4 Å². The topological polar surface area (TPSA) is 138 Å². The molecule has 1 aliphatic rings. The van der Waals surface area contributed by atoms with Gasteiger partial charge in [0.05, 0.1) is 28.4 Å². The molecule has 2 rings (SSSR count). The van der Waals surface area contributed by atoms with E-state index in [1.165, 1.54) is 37.5 Å². The summed E-state index contributed by atoms with van der Waals surface area (Å²) in [5.74, 6) is 7.38. The largest absolute Gasteiger partial charge is 0.463 e. The maximum Gasteiger partial charge on any atom is 0.308 e. The summed E-state index contributed by atoms with van der Waals surface area (Å²) in [6.07, 6.45) is 6.80. The molecule has 1 saturated carbocycles.